The second-order valence-electron chi connectivity index (χ2n) is 4.81. The molecule has 0 aromatic heterocycles. The summed E-state index contributed by atoms with van der Waals surface area (Å²) in [4.78, 5) is 14.9. The number of ketones is 1. The molecule has 1 aliphatic rings. The zero-order valence-corrected chi connectivity index (χ0v) is 10.7. The van der Waals surface area contributed by atoms with Gasteiger partial charge in [0.1, 0.15) is 5.78 Å². The van der Waals surface area contributed by atoms with Gasteiger partial charge in [0.15, 0.2) is 10.7 Å². The Labute approximate surface area is 108 Å². The van der Waals surface area contributed by atoms with Crippen molar-refractivity contribution in [3.63, 3.8) is 0 Å². The summed E-state index contributed by atoms with van der Waals surface area (Å²) in [6.45, 7) is 3.65. The van der Waals surface area contributed by atoms with Crippen LogP contribution in [0.25, 0.3) is 4.98 Å². The number of diazo groups is 1. The van der Waals surface area contributed by atoms with E-state index < -0.39 is 0 Å². The van der Waals surface area contributed by atoms with Gasteiger partial charge in [0, 0.05) is 18.3 Å². The van der Waals surface area contributed by atoms with Gasteiger partial charge in [0.05, 0.1) is 0 Å². The quantitative estimate of drug-likeness (QED) is 0.321. The van der Waals surface area contributed by atoms with Gasteiger partial charge in [-0.05, 0) is 32.1 Å². The van der Waals surface area contributed by atoms with Gasteiger partial charge in [-0.15, -0.1) is 6.58 Å². The molecule has 0 aliphatic heterocycles. The Balaban J connectivity index is 2.48. The third kappa shape index (κ3) is 3.99. The van der Waals surface area contributed by atoms with Gasteiger partial charge >= 0.3 is 6.20 Å². The Bertz CT molecular complexity index is 368. The zero-order valence-electron chi connectivity index (χ0n) is 10.7. The van der Waals surface area contributed by atoms with Crippen LogP contribution in [0.2, 0.25) is 0 Å². The molecule has 18 heavy (non-hydrogen) atoms. The van der Waals surface area contributed by atoms with Crippen molar-refractivity contribution >= 4 is 5.78 Å². The Morgan fingerprint density at radius 3 is 2.78 bits per heavy atom. The van der Waals surface area contributed by atoms with Crippen molar-refractivity contribution in [2.75, 3.05) is 0 Å². The lowest BCUT2D eigenvalue weighted by Gasteiger charge is -2.15. The van der Waals surface area contributed by atoms with Crippen LogP contribution < -0.4 is 0 Å². The van der Waals surface area contributed by atoms with Crippen LogP contribution >= 0.6 is 0 Å². The first-order valence-corrected chi connectivity index (χ1v) is 6.57. The predicted octanol–water partition coefficient (Wildman–Crippen LogP) is 3.97. The zero-order chi connectivity index (χ0) is 13.4. The number of aliphatic hydroxyl groups is 1. The van der Waals surface area contributed by atoms with Crippen LogP contribution in [0.3, 0.4) is 0 Å². The van der Waals surface area contributed by atoms with E-state index in [1.165, 1.54) is 0 Å². The SMILES string of the molecule is C=CCCCCC(=O)[C@H]1CCC[C@H]1/C(O)=C/[N+]#N. The van der Waals surface area contributed by atoms with Crippen molar-refractivity contribution < 1.29 is 9.90 Å². The number of rotatable bonds is 7. The van der Waals surface area contributed by atoms with Gasteiger partial charge < -0.3 is 5.11 Å². The van der Waals surface area contributed by atoms with E-state index in [4.69, 9.17) is 5.39 Å². The summed E-state index contributed by atoms with van der Waals surface area (Å²) in [6.07, 6.45) is 8.83. The monoisotopic (exact) mass is 249 g/mol. The van der Waals surface area contributed by atoms with Crippen molar-refractivity contribution in [2.24, 2.45) is 11.8 Å². The molecule has 1 saturated carbocycles. The molecule has 4 nitrogen and oxygen atoms in total. The molecular weight excluding hydrogens is 228 g/mol. The van der Waals surface area contributed by atoms with E-state index in [-0.39, 0.29) is 23.4 Å². The Kier molecular flexibility index (Phi) is 6.13. The third-order valence-corrected chi connectivity index (χ3v) is 3.58. The minimum Gasteiger partial charge on any atom is -0.505 e. The molecule has 1 rings (SSSR count). The van der Waals surface area contributed by atoms with Gasteiger partial charge in [-0.1, -0.05) is 12.5 Å². The standard InChI is InChI=1S/C14H20N2O2/c1-2-3-4-5-9-13(17)11-7-6-8-12(11)14(18)10-16-15/h2,10-12H,1,3-9H2/p+1/b14-10-/t11-,12+/m0/s1. The fourth-order valence-electron chi connectivity index (χ4n) is 2.63. The van der Waals surface area contributed by atoms with E-state index in [1.807, 2.05) is 6.08 Å². The smallest absolute Gasteiger partial charge is 0.387 e. The van der Waals surface area contributed by atoms with Crippen LogP contribution in [0, 0.1) is 17.2 Å². The highest BCUT2D eigenvalue weighted by atomic mass is 16.3. The molecule has 1 fully saturated rings. The number of nitrogens with zero attached hydrogens (tertiary/aromatic N) is 2. The Morgan fingerprint density at radius 2 is 2.11 bits per heavy atom. The van der Waals surface area contributed by atoms with Gasteiger partial charge in [0.25, 0.3) is 0 Å². The van der Waals surface area contributed by atoms with Crippen LogP contribution in [0.4, 0.5) is 0 Å². The number of hydrogen-bond acceptors (Lipinski definition) is 3. The molecule has 1 N–H and O–H groups in total. The minimum absolute atomic E-state index is 0.0273. The molecule has 0 amide bonds. The van der Waals surface area contributed by atoms with E-state index in [0.717, 1.165) is 44.7 Å². The van der Waals surface area contributed by atoms with E-state index in [2.05, 4.69) is 11.6 Å². The van der Waals surface area contributed by atoms with E-state index in [9.17, 15) is 9.90 Å². The molecule has 0 aromatic rings. The van der Waals surface area contributed by atoms with Crippen LogP contribution in [-0.4, -0.2) is 10.9 Å². The van der Waals surface area contributed by atoms with Crippen molar-refractivity contribution in [1.29, 1.82) is 5.39 Å². The van der Waals surface area contributed by atoms with E-state index >= 15 is 0 Å². The Morgan fingerprint density at radius 1 is 1.39 bits per heavy atom. The first-order valence-electron chi connectivity index (χ1n) is 6.57. The highest BCUT2D eigenvalue weighted by molar-refractivity contribution is 5.81. The van der Waals surface area contributed by atoms with Crippen molar-refractivity contribution in [3.05, 3.63) is 29.6 Å². The number of aliphatic hydroxyl groups excluding tert-OH is 1. The molecule has 2 atom stereocenters. The van der Waals surface area contributed by atoms with E-state index in [1.54, 1.807) is 0 Å². The van der Waals surface area contributed by atoms with Crippen LogP contribution in [0.1, 0.15) is 44.9 Å². The van der Waals surface area contributed by atoms with Crippen molar-refractivity contribution in [2.45, 2.75) is 44.9 Å². The second-order valence-corrected chi connectivity index (χ2v) is 4.81. The lowest BCUT2D eigenvalue weighted by Crippen LogP contribution is -2.20. The lowest BCUT2D eigenvalue weighted by atomic mass is 9.88. The molecular formula is C14H21N2O2+. The molecule has 0 unspecified atom stereocenters. The van der Waals surface area contributed by atoms with Gasteiger partial charge in [-0.25, -0.2) is 0 Å². The molecule has 98 valence electrons. The van der Waals surface area contributed by atoms with E-state index in [0.29, 0.717) is 6.42 Å². The lowest BCUT2D eigenvalue weighted by molar-refractivity contribution is -0.124. The molecule has 0 heterocycles. The van der Waals surface area contributed by atoms with Crippen LogP contribution in [0.5, 0.6) is 0 Å². The molecule has 0 radical (unpaired) electrons. The summed E-state index contributed by atoms with van der Waals surface area (Å²) < 4.78 is 0. The second kappa shape index (κ2) is 7.65. The van der Waals surface area contributed by atoms with Crippen molar-refractivity contribution in [1.82, 2.24) is 0 Å². The maximum Gasteiger partial charge on any atom is 0.387 e. The van der Waals surface area contributed by atoms with Gasteiger partial charge in [-0.3, -0.25) is 4.79 Å². The normalized spacial score (nSPS) is 23.6. The van der Waals surface area contributed by atoms with Crippen LogP contribution in [-0.2, 0) is 4.79 Å². The molecule has 1 aliphatic carbocycles. The number of hydrogen-bond donors (Lipinski definition) is 1. The third-order valence-electron chi connectivity index (χ3n) is 3.58. The summed E-state index contributed by atoms with van der Waals surface area (Å²) in [5.41, 5.74) is 0. The predicted molar refractivity (Wildman–Crippen MR) is 70.3 cm³/mol. The molecule has 0 aromatic carbocycles. The summed E-state index contributed by atoms with van der Waals surface area (Å²) in [6, 6.07) is 0. The highest BCUT2D eigenvalue weighted by Crippen LogP contribution is 2.37. The molecule has 0 bridgehead atoms. The number of Topliss-reactive ketones (excluding diaryl/α,β-unsaturated/α-hetero) is 1. The maximum atomic E-state index is 12.1. The fraction of sp³-hybridized carbons (Fsp3) is 0.643. The first kappa shape index (κ1) is 14.4. The minimum atomic E-state index is -0.159. The first-order chi connectivity index (χ1) is 8.70. The molecule has 0 saturated heterocycles. The number of carbonyl (C=O) groups excluding carboxylic acids is 1. The summed E-state index contributed by atoms with van der Waals surface area (Å²) in [7, 11) is 0. The Hall–Kier alpha value is -1.63. The maximum absolute atomic E-state index is 12.1. The largest absolute Gasteiger partial charge is 0.505 e. The summed E-state index contributed by atoms with van der Waals surface area (Å²) in [5.74, 6) is -0.0153. The average Bonchev–Trinajstić information content (AvgIpc) is 2.84. The summed E-state index contributed by atoms with van der Waals surface area (Å²) >= 11 is 0. The van der Waals surface area contributed by atoms with Crippen molar-refractivity contribution in [3.8, 4) is 0 Å². The number of carbonyl (C=O) groups is 1. The van der Waals surface area contributed by atoms with Gasteiger partial charge in [0.2, 0.25) is 5.39 Å². The van der Waals surface area contributed by atoms with Crippen LogP contribution in [0.15, 0.2) is 24.6 Å². The topological polar surface area (TPSA) is 65.4 Å². The fourth-order valence-corrected chi connectivity index (χ4v) is 2.63. The average molecular weight is 249 g/mol. The highest BCUT2D eigenvalue weighted by Gasteiger charge is 2.36. The number of unbranched alkanes of at least 4 members (excludes halogenated alkanes) is 2. The molecule has 4 heteroatoms. The summed E-state index contributed by atoms with van der Waals surface area (Å²) in [5, 5.41) is 18.1. The van der Waals surface area contributed by atoms with Gasteiger partial charge in [-0.2, -0.15) is 0 Å². The number of allylic oxidation sites excluding steroid dienone is 2. The molecule has 0 spiro atoms.